The van der Waals surface area contributed by atoms with Crippen molar-refractivity contribution in [1.82, 2.24) is 19.5 Å². The molecule has 2 aromatic heterocycles. The molecule has 0 saturated carbocycles. The third-order valence-corrected chi connectivity index (χ3v) is 4.14. The van der Waals surface area contributed by atoms with E-state index in [0.29, 0.717) is 0 Å². The van der Waals surface area contributed by atoms with E-state index in [1.54, 1.807) is 0 Å². The maximum absolute atomic E-state index is 10.7. The van der Waals surface area contributed by atoms with Crippen LogP contribution in [0.4, 0.5) is 0 Å². The zero-order valence-corrected chi connectivity index (χ0v) is 15.5. The summed E-state index contributed by atoms with van der Waals surface area (Å²) in [6, 6.07) is 0. The zero-order valence-electron chi connectivity index (χ0n) is 14.6. The van der Waals surface area contributed by atoms with Crippen LogP contribution in [0.3, 0.4) is 0 Å². The Morgan fingerprint density at radius 1 is 1.24 bits per heavy atom. The Morgan fingerprint density at radius 3 is 2.41 bits per heavy atom. The van der Waals surface area contributed by atoms with Crippen LogP contribution in [0, 0.1) is 0 Å². The SMILES string of the molecule is CC(=O)C(=O)O.O=P(O)(O)OC[C@H]1O[C@@H](n2cnc3c(O)ncnc32)[C@H](O)[C@@H]1O. The van der Waals surface area contributed by atoms with Gasteiger partial charge in [-0.25, -0.2) is 19.3 Å². The number of imidazole rings is 1. The van der Waals surface area contributed by atoms with E-state index in [4.69, 9.17) is 19.6 Å². The monoisotopic (exact) mass is 436 g/mol. The Balaban J connectivity index is 0.000000438. The van der Waals surface area contributed by atoms with E-state index >= 15 is 0 Å². The Kier molecular flexibility index (Phi) is 6.97. The first-order valence-corrected chi connectivity index (χ1v) is 9.27. The number of hydrogen-bond donors (Lipinski definition) is 6. The highest BCUT2D eigenvalue weighted by Crippen LogP contribution is 2.38. The summed E-state index contributed by atoms with van der Waals surface area (Å²) >= 11 is 0. The average molecular weight is 436 g/mol. The molecule has 4 atom stereocenters. The summed E-state index contributed by atoms with van der Waals surface area (Å²) in [7, 11) is -4.74. The van der Waals surface area contributed by atoms with Gasteiger partial charge in [-0.1, -0.05) is 0 Å². The minimum Gasteiger partial charge on any atom is -0.492 e. The number of Topliss-reactive ketones (excluding diaryl/α,β-unsaturated/α-hetero) is 1. The predicted molar refractivity (Wildman–Crippen MR) is 89.2 cm³/mol. The summed E-state index contributed by atoms with van der Waals surface area (Å²) < 4.78 is 21.6. The Labute approximate surface area is 161 Å². The number of ketones is 1. The van der Waals surface area contributed by atoms with Gasteiger partial charge in [-0.2, -0.15) is 4.98 Å². The standard InChI is InChI=1S/C10H13N4O8P.C3H4O3/c15-6-4(1-21-23(18,19)20)22-10(7(6)16)14-3-13-5-8(14)11-2-12-9(5)17;1-2(4)3(5)6/h2-4,6-7,10,15-16H,1H2,(H,11,12,17)(H2,18,19,20);1H3,(H,5,6)/t4-,6-,7-,10-;/m1./s1. The van der Waals surface area contributed by atoms with Gasteiger partial charge in [0.25, 0.3) is 0 Å². The Morgan fingerprint density at radius 2 is 1.86 bits per heavy atom. The molecule has 6 N–H and O–H groups in total. The van der Waals surface area contributed by atoms with Gasteiger partial charge in [-0.15, -0.1) is 0 Å². The number of hydrogen-bond acceptors (Lipinski definition) is 11. The number of carbonyl (C=O) groups is 2. The predicted octanol–water partition coefficient (Wildman–Crippen LogP) is -2.08. The van der Waals surface area contributed by atoms with E-state index in [0.717, 1.165) is 13.3 Å². The lowest BCUT2D eigenvalue weighted by molar-refractivity contribution is -0.148. The molecule has 1 aliphatic rings. The van der Waals surface area contributed by atoms with Gasteiger partial charge in [-0.3, -0.25) is 13.9 Å². The molecule has 0 aromatic carbocycles. The second kappa shape index (κ2) is 8.87. The van der Waals surface area contributed by atoms with Crippen molar-refractivity contribution in [3.05, 3.63) is 12.7 Å². The van der Waals surface area contributed by atoms with E-state index < -0.39 is 50.7 Å². The number of phosphoric acid groups is 1. The maximum Gasteiger partial charge on any atom is 0.469 e. The fourth-order valence-electron chi connectivity index (χ4n) is 2.29. The van der Waals surface area contributed by atoms with Crippen molar-refractivity contribution in [3.63, 3.8) is 0 Å². The number of phosphoric ester groups is 1. The van der Waals surface area contributed by atoms with Gasteiger partial charge in [0, 0.05) is 6.92 Å². The quantitative estimate of drug-likeness (QED) is 0.218. The molecule has 15 nitrogen and oxygen atoms in total. The van der Waals surface area contributed by atoms with Crippen molar-refractivity contribution < 1.29 is 53.6 Å². The molecule has 1 aliphatic heterocycles. The summed E-state index contributed by atoms with van der Waals surface area (Å²) in [5, 5.41) is 37.2. The first kappa shape index (κ1) is 22.8. The highest BCUT2D eigenvalue weighted by molar-refractivity contribution is 7.46. The minimum absolute atomic E-state index is 0.0766. The van der Waals surface area contributed by atoms with Crippen molar-refractivity contribution in [3.8, 4) is 5.88 Å². The summed E-state index contributed by atoms with van der Waals surface area (Å²) in [6.07, 6.45) is -2.85. The van der Waals surface area contributed by atoms with Crippen LogP contribution in [0.15, 0.2) is 12.7 Å². The second-order valence-electron chi connectivity index (χ2n) is 5.72. The third-order valence-electron chi connectivity index (χ3n) is 3.66. The van der Waals surface area contributed by atoms with Crippen LogP contribution >= 0.6 is 7.82 Å². The number of aromatic nitrogens is 4. The van der Waals surface area contributed by atoms with Crippen molar-refractivity contribution in [2.24, 2.45) is 0 Å². The molecule has 1 fully saturated rings. The molecule has 3 heterocycles. The summed E-state index contributed by atoms with van der Waals surface area (Å²) in [5.74, 6) is -2.56. The number of aliphatic carboxylic acids is 1. The average Bonchev–Trinajstić information content (AvgIpc) is 3.16. The first-order chi connectivity index (χ1) is 13.4. The molecule has 0 unspecified atom stereocenters. The van der Waals surface area contributed by atoms with Crippen molar-refractivity contribution in [2.75, 3.05) is 6.61 Å². The van der Waals surface area contributed by atoms with Gasteiger partial charge in [0.1, 0.15) is 24.6 Å². The molecule has 0 aliphatic carbocycles. The number of aliphatic hydroxyl groups excluding tert-OH is 2. The van der Waals surface area contributed by atoms with E-state index in [1.165, 1.54) is 10.9 Å². The van der Waals surface area contributed by atoms with Gasteiger partial charge in [0.15, 0.2) is 17.4 Å². The van der Waals surface area contributed by atoms with Crippen LogP contribution < -0.4 is 0 Å². The molecule has 0 radical (unpaired) electrons. The van der Waals surface area contributed by atoms with Crippen LogP contribution in [0.5, 0.6) is 5.88 Å². The summed E-state index contributed by atoms with van der Waals surface area (Å²) in [5.41, 5.74) is 0.234. The van der Waals surface area contributed by atoms with Crippen molar-refractivity contribution in [2.45, 2.75) is 31.5 Å². The van der Waals surface area contributed by atoms with E-state index in [-0.39, 0.29) is 17.0 Å². The summed E-state index contributed by atoms with van der Waals surface area (Å²) in [6.45, 7) is 0.383. The van der Waals surface area contributed by atoms with Gasteiger partial charge in [0.05, 0.1) is 12.9 Å². The number of ether oxygens (including phenoxy) is 1. The maximum atomic E-state index is 10.7. The number of fused-ring (bicyclic) bond motifs is 1. The zero-order chi connectivity index (χ0) is 21.9. The van der Waals surface area contributed by atoms with Crippen LogP contribution in [0.2, 0.25) is 0 Å². The molecule has 0 bridgehead atoms. The molecule has 16 heteroatoms. The molecule has 3 rings (SSSR count). The van der Waals surface area contributed by atoms with Crippen LogP contribution in [0.1, 0.15) is 13.2 Å². The number of carboxylic acid groups (broad SMARTS) is 1. The van der Waals surface area contributed by atoms with E-state index in [9.17, 15) is 29.5 Å². The second-order valence-corrected chi connectivity index (χ2v) is 6.95. The number of rotatable bonds is 5. The number of aromatic hydroxyl groups is 1. The topological polar surface area (TPSA) is 235 Å². The fraction of sp³-hybridized carbons (Fsp3) is 0.462. The van der Waals surface area contributed by atoms with Gasteiger partial charge in [0.2, 0.25) is 11.7 Å². The lowest BCUT2D eigenvalue weighted by atomic mass is 10.1. The lowest BCUT2D eigenvalue weighted by Gasteiger charge is -2.16. The number of aliphatic hydroxyl groups is 2. The van der Waals surface area contributed by atoms with E-state index in [2.05, 4.69) is 19.5 Å². The van der Waals surface area contributed by atoms with E-state index in [1.807, 2.05) is 0 Å². The first-order valence-electron chi connectivity index (χ1n) is 7.74. The van der Waals surface area contributed by atoms with Crippen LogP contribution in [-0.2, 0) is 23.4 Å². The Hall–Kier alpha value is -2.52. The summed E-state index contributed by atoms with van der Waals surface area (Å²) in [4.78, 5) is 47.6. The highest BCUT2D eigenvalue weighted by atomic mass is 31.2. The molecular weight excluding hydrogens is 419 g/mol. The molecule has 1 saturated heterocycles. The highest BCUT2D eigenvalue weighted by Gasteiger charge is 2.45. The van der Waals surface area contributed by atoms with Gasteiger partial charge < -0.3 is 34.9 Å². The molecule has 2 aromatic rings. The fourth-order valence-corrected chi connectivity index (χ4v) is 2.63. The lowest BCUT2D eigenvalue weighted by Crippen LogP contribution is -2.33. The third kappa shape index (κ3) is 5.51. The molecule has 0 amide bonds. The molecule has 29 heavy (non-hydrogen) atoms. The van der Waals surface area contributed by atoms with Crippen molar-refractivity contribution in [1.29, 1.82) is 0 Å². The molecule has 0 spiro atoms. The number of carbonyl (C=O) groups excluding carboxylic acids is 1. The largest absolute Gasteiger partial charge is 0.492 e. The van der Waals surface area contributed by atoms with Gasteiger partial charge in [-0.05, 0) is 0 Å². The van der Waals surface area contributed by atoms with Gasteiger partial charge >= 0.3 is 13.8 Å². The van der Waals surface area contributed by atoms with Crippen LogP contribution in [-0.4, -0.2) is 86.4 Å². The van der Waals surface area contributed by atoms with Crippen LogP contribution in [0.25, 0.3) is 11.2 Å². The number of carboxylic acids is 1. The molecular formula is C13H17N4O11P. The normalized spacial score (nSPS) is 24.2. The van der Waals surface area contributed by atoms with Crippen molar-refractivity contribution >= 4 is 30.7 Å². The minimum atomic E-state index is -4.74. The number of nitrogens with zero attached hydrogens (tertiary/aromatic N) is 4. The molecule has 160 valence electrons. The smallest absolute Gasteiger partial charge is 0.469 e. The Bertz CT molecular complexity index is 932.